The molecule has 2 heterocycles. The van der Waals surface area contributed by atoms with Gasteiger partial charge in [-0.15, -0.1) is 0 Å². The average Bonchev–Trinajstić information content (AvgIpc) is 2.88. The molecular weight excluding hydrogens is 240 g/mol. The normalized spacial score (nSPS) is 16.4. The molecule has 0 saturated heterocycles. The van der Waals surface area contributed by atoms with Gasteiger partial charge in [0.25, 0.3) is 0 Å². The number of pyridine rings is 1. The van der Waals surface area contributed by atoms with Gasteiger partial charge in [-0.25, -0.2) is 4.98 Å². The molecule has 0 aromatic carbocycles. The molecule has 0 atom stereocenters. The highest BCUT2D eigenvalue weighted by atomic mass is 79.9. The third kappa shape index (κ3) is 1.36. The fourth-order valence-electron chi connectivity index (χ4n) is 1.78. The van der Waals surface area contributed by atoms with Crippen LogP contribution in [0.1, 0.15) is 12.8 Å². The molecular formula is C11H11BrN2. The molecule has 3 heteroatoms. The summed E-state index contributed by atoms with van der Waals surface area (Å²) >= 11 is 3.54. The largest absolute Gasteiger partial charge is 0.332 e. The molecule has 0 unspecified atom stereocenters. The van der Waals surface area contributed by atoms with Crippen LogP contribution >= 0.6 is 15.9 Å². The third-order valence-corrected chi connectivity index (χ3v) is 3.45. The number of nitrogens with zero attached hydrogens (tertiary/aromatic N) is 2. The first kappa shape index (κ1) is 8.48. The molecule has 72 valence electrons. The predicted molar refractivity (Wildman–Crippen MR) is 60.2 cm³/mol. The first-order chi connectivity index (χ1) is 6.84. The lowest BCUT2D eigenvalue weighted by Gasteiger charge is -2.02. The quantitative estimate of drug-likeness (QED) is 0.801. The van der Waals surface area contributed by atoms with E-state index in [1.165, 1.54) is 18.2 Å². The van der Waals surface area contributed by atoms with Crippen LogP contribution < -0.4 is 0 Å². The van der Waals surface area contributed by atoms with E-state index in [0.29, 0.717) is 0 Å². The first-order valence-corrected chi connectivity index (χ1v) is 5.73. The minimum Gasteiger partial charge on any atom is -0.332 e. The molecule has 2 nitrogen and oxygen atoms in total. The van der Waals surface area contributed by atoms with Gasteiger partial charge in [0.2, 0.25) is 0 Å². The maximum Gasteiger partial charge on any atom is 0.140 e. The first-order valence-electron chi connectivity index (χ1n) is 4.94. The van der Waals surface area contributed by atoms with Crippen molar-refractivity contribution in [3.63, 3.8) is 0 Å². The monoisotopic (exact) mass is 250 g/mol. The summed E-state index contributed by atoms with van der Waals surface area (Å²) in [6.07, 6.45) is 6.76. The Labute approximate surface area is 91.1 Å². The fraction of sp³-hybridized carbons (Fsp3) is 0.364. The van der Waals surface area contributed by atoms with Crippen LogP contribution in [-0.2, 0) is 6.54 Å². The highest BCUT2D eigenvalue weighted by molar-refractivity contribution is 9.10. The smallest absolute Gasteiger partial charge is 0.140 e. The molecule has 1 aliphatic carbocycles. The topological polar surface area (TPSA) is 17.8 Å². The lowest BCUT2D eigenvalue weighted by Crippen LogP contribution is -1.98. The SMILES string of the molecule is Brc1ccnc2c1ccn2CC1CC1. The highest BCUT2D eigenvalue weighted by Gasteiger charge is 2.22. The van der Waals surface area contributed by atoms with Crippen molar-refractivity contribution in [3.8, 4) is 0 Å². The van der Waals surface area contributed by atoms with Crippen molar-refractivity contribution in [3.05, 3.63) is 29.0 Å². The summed E-state index contributed by atoms with van der Waals surface area (Å²) in [5.41, 5.74) is 1.10. The van der Waals surface area contributed by atoms with Crippen LogP contribution in [0.4, 0.5) is 0 Å². The van der Waals surface area contributed by atoms with Crippen LogP contribution in [0, 0.1) is 5.92 Å². The van der Waals surface area contributed by atoms with Gasteiger partial charge in [0, 0.05) is 28.8 Å². The molecule has 0 spiro atoms. The summed E-state index contributed by atoms with van der Waals surface area (Å²) in [6, 6.07) is 4.12. The van der Waals surface area contributed by atoms with Crippen molar-refractivity contribution >= 4 is 27.0 Å². The molecule has 0 radical (unpaired) electrons. The summed E-state index contributed by atoms with van der Waals surface area (Å²) < 4.78 is 3.40. The summed E-state index contributed by atoms with van der Waals surface area (Å²) in [5.74, 6) is 0.895. The number of halogens is 1. The summed E-state index contributed by atoms with van der Waals surface area (Å²) in [4.78, 5) is 4.42. The van der Waals surface area contributed by atoms with Crippen molar-refractivity contribution in [2.24, 2.45) is 5.92 Å². The maximum absolute atomic E-state index is 4.42. The van der Waals surface area contributed by atoms with Crippen molar-refractivity contribution < 1.29 is 0 Å². The highest BCUT2D eigenvalue weighted by Crippen LogP contribution is 2.32. The summed E-state index contributed by atoms with van der Waals surface area (Å²) in [6.45, 7) is 1.13. The van der Waals surface area contributed by atoms with E-state index < -0.39 is 0 Å². The zero-order chi connectivity index (χ0) is 9.54. The minimum atomic E-state index is 0.895. The van der Waals surface area contributed by atoms with Crippen molar-refractivity contribution in [1.29, 1.82) is 0 Å². The van der Waals surface area contributed by atoms with Gasteiger partial charge in [-0.2, -0.15) is 0 Å². The van der Waals surface area contributed by atoms with E-state index in [2.05, 4.69) is 37.7 Å². The number of aromatic nitrogens is 2. The summed E-state index contributed by atoms with van der Waals surface area (Å²) in [5, 5.41) is 1.22. The second-order valence-electron chi connectivity index (χ2n) is 3.94. The van der Waals surface area contributed by atoms with Crippen LogP contribution in [0.25, 0.3) is 11.0 Å². The van der Waals surface area contributed by atoms with Gasteiger partial charge in [-0.1, -0.05) is 0 Å². The molecule has 1 aliphatic rings. The van der Waals surface area contributed by atoms with E-state index in [1.807, 2.05) is 12.3 Å². The van der Waals surface area contributed by atoms with Gasteiger partial charge in [0.15, 0.2) is 0 Å². The van der Waals surface area contributed by atoms with Gasteiger partial charge in [-0.05, 0) is 46.8 Å². The van der Waals surface area contributed by atoms with Crippen LogP contribution in [0.3, 0.4) is 0 Å². The zero-order valence-electron chi connectivity index (χ0n) is 7.78. The Bertz CT molecular complexity index is 471. The van der Waals surface area contributed by atoms with Gasteiger partial charge in [0.1, 0.15) is 5.65 Å². The maximum atomic E-state index is 4.42. The number of fused-ring (bicyclic) bond motifs is 1. The Morgan fingerprint density at radius 2 is 2.29 bits per heavy atom. The molecule has 1 saturated carbocycles. The number of rotatable bonds is 2. The van der Waals surface area contributed by atoms with E-state index in [4.69, 9.17) is 0 Å². The van der Waals surface area contributed by atoms with Crippen molar-refractivity contribution in [1.82, 2.24) is 9.55 Å². The Hall–Kier alpha value is -0.830. The molecule has 14 heavy (non-hydrogen) atoms. The lowest BCUT2D eigenvalue weighted by atomic mass is 10.3. The van der Waals surface area contributed by atoms with Gasteiger partial charge < -0.3 is 4.57 Å². The lowest BCUT2D eigenvalue weighted by molar-refractivity contribution is 0.643. The second-order valence-corrected chi connectivity index (χ2v) is 4.80. The third-order valence-electron chi connectivity index (χ3n) is 2.76. The summed E-state index contributed by atoms with van der Waals surface area (Å²) in [7, 11) is 0. The van der Waals surface area contributed by atoms with E-state index >= 15 is 0 Å². The molecule has 1 fully saturated rings. The Morgan fingerprint density at radius 3 is 3.07 bits per heavy atom. The zero-order valence-corrected chi connectivity index (χ0v) is 9.37. The predicted octanol–water partition coefficient (Wildman–Crippen LogP) is 3.21. The fourth-order valence-corrected chi connectivity index (χ4v) is 2.21. The molecule has 3 rings (SSSR count). The molecule has 0 amide bonds. The number of hydrogen-bond acceptors (Lipinski definition) is 1. The van der Waals surface area contributed by atoms with Crippen LogP contribution in [0.2, 0.25) is 0 Å². The van der Waals surface area contributed by atoms with Crippen molar-refractivity contribution in [2.75, 3.05) is 0 Å². The molecule has 2 aromatic rings. The van der Waals surface area contributed by atoms with Gasteiger partial charge in [0.05, 0.1) is 0 Å². The Kier molecular flexibility index (Phi) is 1.87. The standard InChI is InChI=1S/C11H11BrN2/c12-10-3-5-13-11-9(10)4-6-14(11)7-8-1-2-8/h3-6,8H,1-2,7H2. The van der Waals surface area contributed by atoms with Crippen molar-refractivity contribution in [2.45, 2.75) is 19.4 Å². The number of hydrogen-bond donors (Lipinski definition) is 0. The van der Waals surface area contributed by atoms with Crippen LogP contribution in [0.15, 0.2) is 29.0 Å². The molecule has 2 aromatic heterocycles. The van der Waals surface area contributed by atoms with E-state index in [9.17, 15) is 0 Å². The molecule has 0 bridgehead atoms. The Balaban J connectivity index is 2.10. The van der Waals surface area contributed by atoms with Gasteiger partial charge >= 0.3 is 0 Å². The van der Waals surface area contributed by atoms with Crippen LogP contribution in [-0.4, -0.2) is 9.55 Å². The van der Waals surface area contributed by atoms with E-state index in [1.54, 1.807) is 0 Å². The molecule has 0 aliphatic heterocycles. The molecule has 0 N–H and O–H groups in total. The average molecular weight is 251 g/mol. The van der Waals surface area contributed by atoms with E-state index in [0.717, 1.165) is 22.6 Å². The van der Waals surface area contributed by atoms with Gasteiger partial charge in [-0.3, -0.25) is 0 Å². The van der Waals surface area contributed by atoms with Crippen LogP contribution in [0.5, 0.6) is 0 Å². The minimum absolute atomic E-state index is 0.895. The van der Waals surface area contributed by atoms with E-state index in [-0.39, 0.29) is 0 Å². The Morgan fingerprint density at radius 1 is 1.43 bits per heavy atom. The second kappa shape index (κ2) is 3.09.